The summed E-state index contributed by atoms with van der Waals surface area (Å²) in [6, 6.07) is 2.22. The highest BCUT2D eigenvalue weighted by Crippen LogP contribution is 2.28. The average molecular weight is 298 g/mol. The number of aromatic nitrogens is 2. The molecule has 0 saturated carbocycles. The minimum absolute atomic E-state index is 0.263. The lowest BCUT2D eigenvalue weighted by Crippen LogP contribution is -2.09. The van der Waals surface area contributed by atoms with Crippen molar-refractivity contribution in [2.45, 2.75) is 19.4 Å². The molecule has 5 heteroatoms. The maximum absolute atomic E-state index is 4.34. The van der Waals surface area contributed by atoms with E-state index in [9.17, 15) is 0 Å². The first-order chi connectivity index (χ1) is 7.81. The lowest BCUT2D eigenvalue weighted by molar-refractivity contribution is 0.741. The number of pyridine rings is 1. The molecule has 0 radical (unpaired) electrons. The Hall–Kier alpha value is -0.940. The molecule has 2 aromatic heterocycles. The van der Waals surface area contributed by atoms with Gasteiger partial charge in [-0.3, -0.25) is 4.98 Å². The van der Waals surface area contributed by atoms with Gasteiger partial charge < -0.3 is 5.32 Å². The van der Waals surface area contributed by atoms with Crippen molar-refractivity contribution in [2.24, 2.45) is 0 Å². The minimum Gasteiger partial charge on any atom is -0.375 e. The number of nitrogens with zero attached hydrogens (tertiary/aromatic N) is 2. The zero-order valence-corrected chi connectivity index (χ0v) is 11.3. The van der Waals surface area contributed by atoms with E-state index in [0.717, 1.165) is 21.6 Å². The van der Waals surface area contributed by atoms with Crippen LogP contribution in [0.25, 0.3) is 0 Å². The van der Waals surface area contributed by atoms with E-state index in [1.807, 2.05) is 17.6 Å². The topological polar surface area (TPSA) is 37.8 Å². The van der Waals surface area contributed by atoms with E-state index in [1.54, 1.807) is 23.7 Å². The van der Waals surface area contributed by atoms with Gasteiger partial charge in [0, 0.05) is 24.0 Å². The molecule has 0 aromatic carbocycles. The highest BCUT2D eigenvalue weighted by atomic mass is 79.9. The lowest BCUT2D eigenvalue weighted by Gasteiger charge is -2.16. The molecule has 0 aliphatic carbocycles. The van der Waals surface area contributed by atoms with E-state index in [1.165, 1.54) is 0 Å². The van der Waals surface area contributed by atoms with Crippen LogP contribution in [0.2, 0.25) is 0 Å². The van der Waals surface area contributed by atoms with Gasteiger partial charge in [0.2, 0.25) is 0 Å². The molecule has 2 heterocycles. The van der Waals surface area contributed by atoms with Crippen LogP contribution in [-0.4, -0.2) is 9.97 Å². The van der Waals surface area contributed by atoms with Crippen LogP contribution in [-0.2, 0) is 0 Å². The number of halogens is 1. The van der Waals surface area contributed by atoms with Crippen molar-refractivity contribution in [3.63, 3.8) is 0 Å². The summed E-state index contributed by atoms with van der Waals surface area (Å²) in [7, 11) is 0. The van der Waals surface area contributed by atoms with Gasteiger partial charge in [-0.15, -0.1) is 11.3 Å². The van der Waals surface area contributed by atoms with E-state index in [4.69, 9.17) is 0 Å². The van der Waals surface area contributed by atoms with Gasteiger partial charge in [-0.2, -0.15) is 0 Å². The van der Waals surface area contributed by atoms with Gasteiger partial charge in [-0.25, -0.2) is 4.98 Å². The Morgan fingerprint density at radius 3 is 3.00 bits per heavy atom. The van der Waals surface area contributed by atoms with Crippen LogP contribution >= 0.6 is 27.3 Å². The van der Waals surface area contributed by atoms with Crippen molar-refractivity contribution in [3.05, 3.63) is 39.5 Å². The summed E-state index contributed by atoms with van der Waals surface area (Å²) in [6.07, 6.45) is 6.41. The van der Waals surface area contributed by atoms with Crippen LogP contribution in [0.3, 0.4) is 0 Å². The third-order valence-electron chi connectivity index (χ3n) is 2.26. The Morgan fingerprint density at radius 2 is 2.38 bits per heavy atom. The summed E-state index contributed by atoms with van der Waals surface area (Å²) in [4.78, 5) is 8.38. The molecule has 2 rings (SSSR count). The van der Waals surface area contributed by atoms with Crippen molar-refractivity contribution in [2.75, 3.05) is 5.32 Å². The largest absolute Gasteiger partial charge is 0.375 e. The Morgan fingerprint density at radius 1 is 1.50 bits per heavy atom. The van der Waals surface area contributed by atoms with E-state index in [0.29, 0.717) is 0 Å². The van der Waals surface area contributed by atoms with Crippen LogP contribution in [0, 0.1) is 0 Å². The SMILES string of the molecule is CCC(Nc1ccncc1Br)c1nccs1. The van der Waals surface area contributed by atoms with Crippen molar-refractivity contribution >= 4 is 33.0 Å². The summed E-state index contributed by atoms with van der Waals surface area (Å²) in [5, 5.41) is 6.58. The fourth-order valence-electron chi connectivity index (χ4n) is 1.42. The second kappa shape index (κ2) is 5.41. The maximum Gasteiger partial charge on any atom is 0.115 e. The van der Waals surface area contributed by atoms with Gasteiger partial charge in [0.15, 0.2) is 0 Å². The molecular formula is C11H12BrN3S. The molecule has 3 nitrogen and oxygen atoms in total. The predicted molar refractivity (Wildman–Crippen MR) is 70.7 cm³/mol. The number of rotatable bonds is 4. The highest BCUT2D eigenvalue weighted by molar-refractivity contribution is 9.10. The third kappa shape index (κ3) is 2.59. The Kier molecular flexibility index (Phi) is 3.90. The molecule has 84 valence electrons. The molecule has 0 aliphatic heterocycles. The molecule has 0 spiro atoms. The molecule has 0 aliphatic rings. The van der Waals surface area contributed by atoms with Crippen LogP contribution in [0.15, 0.2) is 34.5 Å². The monoisotopic (exact) mass is 297 g/mol. The van der Waals surface area contributed by atoms with Crippen LogP contribution in [0.1, 0.15) is 24.4 Å². The Balaban J connectivity index is 2.17. The summed E-state index contributed by atoms with van der Waals surface area (Å²) in [6.45, 7) is 2.15. The quantitative estimate of drug-likeness (QED) is 0.931. The second-order valence-corrected chi connectivity index (χ2v) is 5.11. The second-order valence-electron chi connectivity index (χ2n) is 3.33. The fraction of sp³-hybridized carbons (Fsp3) is 0.273. The van der Waals surface area contributed by atoms with Gasteiger partial charge in [-0.1, -0.05) is 6.92 Å². The molecule has 0 fully saturated rings. The molecule has 0 saturated heterocycles. The average Bonchev–Trinajstić information content (AvgIpc) is 2.81. The number of thiazole rings is 1. The van der Waals surface area contributed by atoms with E-state index >= 15 is 0 Å². The summed E-state index contributed by atoms with van der Waals surface area (Å²) >= 11 is 5.15. The summed E-state index contributed by atoms with van der Waals surface area (Å²) in [5.41, 5.74) is 1.05. The minimum atomic E-state index is 0.263. The molecule has 0 bridgehead atoms. The van der Waals surface area contributed by atoms with Gasteiger partial charge in [0.05, 0.1) is 16.2 Å². The number of anilines is 1. The smallest absolute Gasteiger partial charge is 0.115 e. The first-order valence-electron chi connectivity index (χ1n) is 5.06. The van der Waals surface area contributed by atoms with E-state index in [2.05, 4.69) is 38.1 Å². The molecular weight excluding hydrogens is 286 g/mol. The molecule has 16 heavy (non-hydrogen) atoms. The van der Waals surface area contributed by atoms with Crippen molar-refractivity contribution in [1.82, 2.24) is 9.97 Å². The Labute approximate surface area is 107 Å². The van der Waals surface area contributed by atoms with Crippen LogP contribution in [0.5, 0.6) is 0 Å². The summed E-state index contributed by atoms with van der Waals surface area (Å²) < 4.78 is 0.977. The number of hydrogen-bond acceptors (Lipinski definition) is 4. The molecule has 0 amide bonds. The fourth-order valence-corrected chi connectivity index (χ4v) is 2.56. The van der Waals surface area contributed by atoms with Crippen LogP contribution in [0.4, 0.5) is 5.69 Å². The molecule has 1 unspecified atom stereocenters. The van der Waals surface area contributed by atoms with Crippen LogP contribution < -0.4 is 5.32 Å². The normalized spacial score (nSPS) is 12.4. The molecule has 1 atom stereocenters. The Bertz CT molecular complexity index is 444. The maximum atomic E-state index is 4.34. The highest BCUT2D eigenvalue weighted by Gasteiger charge is 2.12. The lowest BCUT2D eigenvalue weighted by atomic mass is 10.2. The van der Waals surface area contributed by atoms with Crippen molar-refractivity contribution in [3.8, 4) is 0 Å². The first-order valence-corrected chi connectivity index (χ1v) is 6.74. The van der Waals surface area contributed by atoms with Crippen molar-refractivity contribution in [1.29, 1.82) is 0 Å². The molecule has 1 N–H and O–H groups in total. The van der Waals surface area contributed by atoms with Gasteiger partial charge >= 0.3 is 0 Å². The van der Waals surface area contributed by atoms with Crippen molar-refractivity contribution < 1.29 is 0 Å². The zero-order chi connectivity index (χ0) is 11.4. The number of hydrogen-bond donors (Lipinski definition) is 1. The van der Waals surface area contributed by atoms with Gasteiger partial charge in [0.25, 0.3) is 0 Å². The van der Waals surface area contributed by atoms with Gasteiger partial charge in [0.1, 0.15) is 5.01 Å². The van der Waals surface area contributed by atoms with E-state index < -0.39 is 0 Å². The zero-order valence-electron chi connectivity index (χ0n) is 8.85. The predicted octanol–water partition coefficient (Wildman–Crippen LogP) is 3.86. The third-order valence-corrected chi connectivity index (χ3v) is 3.78. The van der Waals surface area contributed by atoms with Gasteiger partial charge in [-0.05, 0) is 28.4 Å². The van der Waals surface area contributed by atoms with E-state index in [-0.39, 0.29) is 6.04 Å². The standard InChI is InChI=1S/C11H12BrN3S/c1-2-9(11-14-5-6-16-11)15-10-3-4-13-7-8(10)12/h3-7,9H,2H2,1H3,(H,13,15). The molecule has 2 aromatic rings. The number of nitrogens with one attached hydrogen (secondary N) is 1. The first kappa shape index (κ1) is 11.5. The summed E-state index contributed by atoms with van der Waals surface area (Å²) in [5.74, 6) is 0.